The first-order valence-electron chi connectivity index (χ1n) is 7.68. The standard InChI is InChI=1S/C16H20N2O4/c19-15-5-10-22-14-4-3-12(16(20)21)11-13(14)18(15)9-8-17-6-1-2-7-17/h3-4,11H,1-2,5-10H2,(H,20,21). The highest BCUT2D eigenvalue weighted by atomic mass is 16.5. The zero-order valence-corrected chi connectivity index (χ0v) is 12.5. The fraction of sp³-hybridized carbons (Fsp3) is 0.500. The summed E-state index contributed by atoms with van der Waals surface area (Å²) in [4.78, 5) is 27.5. The van der Waals surface area contributed by atoms with E-state index < -0.39 is 5.97 Å². The first-order valence-corrected chi connectivity index (χ1v) is 7.68. The number of likely N-dealkylation sites (tertiary alicyclic amines) is 1. The fourth-order valence-corrected chi connectivity index (χ4v) is 2.99. The summed E-state index contributed by atoms with van der Waals surface area (Å²) in [5, 5.41) is 9.16. The number of carboxylic acid groups (broad SMARTS) is 1. The lowest BCUT2D eigenvalue weighted by Crippen LogP contribution is -2.37. The van der Waals surface area contributed by atoms with E-state index in [1.807, 2.05) is 0 Å². The van der Waals surface area contributed by atoms with E-state index in [9.17, 15) is 9.59 Å². The maximum absolute atomic E-state index is 12.3. The molecule has 1 aromatic rings. The third kappa shape index (κ3) is 3.06. The van der Waals surface area contributed by atoms with Crippen LogP contribution in [0.5, 0.6) is 5.75 Å². The summed E-state index contributed by atoms with van der Waals surface area (Å²) in [6, 6.07) is 4.68. The molecule has 0 aliphatic carbocycles. The molecule has 0 aromatic heterocycles. The van der Waals surface area contributed by atoms with E-state index in [-0.39, 0.29) is 11.5 Å². The highest BCUT2D eigenvalue weighted by Gasteiger charge is 2.25. The van der Waals surface area contributed by atoms with Gasteiger partial charge in [0.05, 0.1) is 24.3 Å². The summed E-state index contributed by atoms with van der Waals surface area (Å²) >= 11 is 0. The molecule has 0 radical (unpaired) electrons. The Labute approximate surface area is 129 Å². The number of hydrogen-bond donors (Lipinski definition) is 1. The van der Waals surface area contributed by atoms with Gasteiger partial charge in [-0.05, 0) is 44.1 Å². The van der Waals surface area contributed by atoms with Gasteiger partial charge in [0.15, 0.2) is 0 Å². The second kappa shape index (κ2) is 6.36. The van der Waals surface area contributed by atoms with E-state index in [2.05, 4.69) is 4.90 Å². The lowest BCUT2D eigenvalue weighted by molar-refractivity contribution is -0.118. The van der Waals surface area contributed by atoms with Gasteiger partial charge in [-0.1, -0.05) is 0 Å². The van der Waals surface area contributed by atoms with Gasteiger partial charge in [0.2, 0.25) is 5.91 Å². The molecule has 6 heteroatoms. The van der Waals surface area contributed by atoms with Gasteiger partial charge >= 0.3 is 5.97 Å². The van der Waals surface area contributed by atoms with Crippen molar-refractivity contribution in [2.45, 2.75) is 19.3 Å². The lowest BCUT2D eigenvalue weighted by atomic mass is 10.1. The molecule has 3 rings (SSSR count). The molecular weight excluding hydrogens is 284 g/mol. The summed E-state index contributed by atoms with van der Waals surface area (Å²) in [7, 11) is 0. The number of carbonyl (C=O) groups is 2. The van der Waals surface area contributed by atoms with Crippen molar-refractivity contribution in [3.63, 3.8) is 0 Å². The Balaban J connectivity index is 1.84. The molecule has 1 saturated heterocycles. The summed E-state index contributed by atoms with van der Waals surface area (Å²) in [5.74, 6) is -0.434. The molecule has 2 aliphatic rings. The van der Waals surface area contributed by atoms with Gasteiger partial charge in [-0.2, -0.15) is 0 Å². The van der Waals surface area contributed by atoms with Crippen molar-refractivity contribution in [3.8, 4) is 5.75 Å². The largest absolute Gasteiger partial charge is 0.491 e. The van der Waals surface area contributed by atoms with Crippen molar-refractivity contribution in [2.24, 2.45) is 0 Å². The predicted molar refractivity (Wildman–Crippen MR) is 81.5 cm³/mol. The van der Waals surface area contributed by atoms with Gasteiger partial charge in [-0.3, -0.25) is 4.79 Å². The van der Waals surface area contributed by atoms with Gasteiger partial charge in [0.1, 0.15) is 5.75 Å². The summed E-state index contributed by atoms with van der Waals surface area (Å²) in [6.07, 6.45) is 2.73. The van der Waals surface area contributed by atoms with Crippen molar-refractivity contribution in [3.05, 3.63) is 23.8 Å². The molecule has 1 fully saturated rings. The molecule has 0 atom stereocenters. The van der Waals surface area contributed by atoms with E-state index in [1.165, 1.54) is 25.0 Å². The van der Waals surface area contributed by atoms with Crippen LogP contribution in [0.15, 0.2) is 18.2 Å². The number of hydrogen-bond acceptors (Lipinski definition) is 4. The number of carboxylic acids is 1. The van der Waals surface area contributed by atoms with Crippen molar-refractivity contribution < 1.29 is 19.4 Å². The molecule has 1 N–H and O–H groups in total. The van der Waals surface area contributed by atoms with Crippen molar-refractivity contribution in [1.29, 1.82) is 0 Å². The van der Waals surface area contributed by atoms with E-state index in [1.54, 1.807) is 11.0 Å². The van der Waals surface area contributed by atoms with Crippen LogP contribution in [-0.4, -0.2) is 54.7 Å². The third-order valence-corrected chi connectivity index (χ3v) is 4.21. The van der Waals surface area contributed by atoms with Gasteiger partial charge in [0, 0.05) is 13.1 Å². The molecule has 2 heterocycles. The Morgan fingerprint density at radius 1 is 1.23 bits per heavy atom. The smallest absolute Gasteiger partial charge is 0.335 e. The van der Waals surface area contributed by atoms with Crippen LogP contribution in [0.3, 0.4) is 0 Å². The normalized spacial score (nSPS) is 18.7. The van der Waals surface area contributed by atoms with E-state index in [0.717, 1.165) is 19.6 Å². The van der Waals surface area contributed by atoms with E-state index in [0.29, 0.717) is 31.0 Å². The van der Waals surface area contributed by atoms with Crippen LogP contribution < -0.4 is 9.64 Å². The third-order valence-electron chi connectivity index (χ3n) is 4.21. The molecule has 0 saturated carbocycles. The first kappa shape index (κ1) is 14.8. The molecule has 0 unspecified atom stereocenters. The summed E-state index contributed by atoms with van der Waals surface area (Å²) in [6.45, 7) is 3.85. The van der Waals surface area contributed by atoms with Crippen LogP contribution in [0.2, 0.25) is 0 Å². The zero-order chi connectivity index (χ0) is 15.5. The molecule has 0 spiro atoms. The van der Waals surface area contributed by atoms with E-state index in [4.69, 9.17) is 9.84 Å². The second-order valence-corrected chi connectivity index (χ2v) is 5.68. The number of benzene rings is 1. The Hall–Kier alpha value is -2.08. The quantitative estimate of drug-likeness (QED) is 0.915. The van der Waals surface area contributed by atoms with Crippen molar-refractivity contribution >= 4 is 17.6 Å². The molecule has 2 aliphatic heterocycles. The van der Waals surface area contributed by atoms with Crippen LogP contribution in [0, 0.1) is 0 Å². The minimum Gasteiger partial charge on any atom is -0.491 e. The summed E-state index contributed by atoms with van der Waals surface area (Å²) < 4.78 is 5.59. The number of ether oxygens (including phenoxy) is 1. The molecule has 6 nitrogen and oxygen atoms in total. The van der Waals surface area contributed by atoms with Gasteiger partial charge < -0.3 is 19.6 Å². The number of carbonyl (C=O) groups excluding carboxylic acids is 1. The Morgan fingerprint density at radius 3 is 2.73 bits per heavy atom. The maximum Gasteiger partial charge on any atom is 0.335 e. The van der Waals surface area contributed by atoms with Crippen molar-refractivity contribution in [2.75, 3.05) is 37.7 Å². The molecule has 22 heavy (non-hydrogen) atoms. The summed E-state index contributed by atoms with van der Waals surface area (Å²) in [5.41, 5.74) is 0.741. The van der Waals surface area contributed by atoms with E-state index >= 15 is 0 Å². The predicted octanol–water partition coefficient (Wildman–Crippen LogP) is 1.60. The average molecular weight is 304 g/mol. The SMILES string of the molecule is O=C(O)c1ccc2c(c1)N(CCN1CCCC1)C(=O)CCO2. The highest BCUT2D eigenvalue weighted by Crippen LogP contribution is 2.32. The van der Waals surface area contributed by atoms with Gasteiger partial charge in [-0.15, -0.1) is 0 Å². The monoisotopic (exact) mass is 304 g/mol. The Kier molecular flexibility index (Phi) is 4.29. The number of fused-ring (bicyclic) bond motifs is 1. The minimum atomic E-state index is -1.00. The van der Waals surface area contributed by atoms with Gasteiger partial charge in [-0.25, -0.2) is 4.79 Å². The number of amides is 1. The average Bonchev–Trinajstić information content (AvgIpc) is 2.96. The molecular formula is C16H20N2O4. The highest BCUT2D eigenvalue weighted by molar-refractivity contribution is 5.98. The van der Waals surface area contributed by atoms with Crippen LogP contribution in [0.1, 0.15) is 29.6 Å². The maximum atomic E-state index is 12.3. The second-order valence-electron chi connectivity index (χ2n) is 5.68. The number of aromatic carboxylic acids is 1. The van der Waals surface area contributed by atoms with Crippen LogP contribution in [0.4, 0.5) is 5.69 Å². The number of anilines is 1. The molecule has 0 bridgehead atoms. The molecule has 1 amide bonds. The lowest BCUT2D eigenvalue weighted by Gasteiger charge is -2.25. The Bertz CT molecular complexity index is 582. The topological polar surface area (TPSA) is 70.1 Å². The van der Waals surface area contributed by atoms with Crippen LogP contribution >= 0.6 is 0 Å². The molecule has 118 valence electrons. The number of rotatable bonds is 4. The van der Waals surface area contributed by atoms with Crippen LogP contribution in [-0.2, 0) is 4.79 Å². The molecule has 1 aromatic carbocycles. The first-order chi connectivity index (χ1) is 10.6. The van der Waals surface area contributed by atoms with Gasteiger partial charge in [0.25, 0.3) is 0 Å². The van der Waals surface area contributed by atoms with Crippen LogP contribution in [0.25, 0.3) is 0 Å². The zero-order valence-electron chi connectivity index (χ0n) is 12.5. The van der Waals surface area contributed by atoms with Crippen molar-refractivity contribution in [1.82, 2.24) is 4.90 Å². The number of nitrogens with zero attached hydrogens (tertiary/aromatic N) is 2. The Morgan fingerprint density at radius 2 is 2.00 bits per heavy atom. The minimum absolute atomic E-state index is 0.0134. The fourth-order valence-electron chi connectivity index (χ4n) is 2.99.